The molecule has 0 radical (unpaired) electrons. The van der Waals surface area contributed by atoms with E-state index in [1.54, 1.807) is 0 Å². The average molecular weight is 302 g/mol. The highest BCUT2D eigenvalue weighted by atomic mass is 19.1. The molecular formula is C15H11FN2O4. The number of aromatic nitrogens is 2. The molecule has 0 aliphatic rings. The molecule has 22 heavy (non-hydrogen) atoms. The molecule has 112 valence electrons. The van der Waals surface area contributed by atoms with Crippen LogP contribution >= 0.6 is 0 Å². The standard InChI is InChI=1S/C15H11FN2O4/c16-9-1-3-11(4-2-9)22-8-13-17-14(15(20)21)12-7-10(19)5-6-18(12)13/h1-7,19H,8H2,(H,20,21). The van der Waals surface area contributed by atoms with Crippen molar-refractivity contribution in [1.82, 2.24) is 9.38 Å². The van der Waals surface area contributed by atoms with Crippen LogP contribution < -0.4 is 4.74 Å². The maximum atomic E-state index is 12.8. The van der Waals surface area contributed by atoms with Crippen molar-refractivity contribution < 1.29 is 24.1 Å². The Kier molecular flexibility index (Phi) is 3.38. The van der Waals surface area contributed by atoms with Crippen LogP contribution in [0.5, 0.6) is 11.5 Å². The lowest BCUT2D eigenvalue weighted by atomic mass is 10.3. The van der Waals surface area contributed by atoms with E-state index in [0.29, 0.717) is 11.6 Å². The van der Waals surface area contributed by atoms with Crippen LogP contribution in [0, 0.1) is 5.82 Å². The number of fused-ring (bicyclic) bond motifs is 1. The molecule has 0 atom stereocenters. The van der Waals surface area contributed by atoms with Crippen molar-refractivity contribution >= 4 is 11.5 Å². The molecule has 1 aromatic carbocycles. The number of carboxylic acids is 1. The molecule has 2 aromatic heterocycles. The molecule has 7 heteroatoms. The second kappa shape index (κ2) is 5.36. The first kappa shape index (κ1) is 13.9. The van der Waals surface area contributed by atoms with Gasteiger partial charge in [0.2, 0.25) is 0 Å². The summed E-state index contributed by atoms with van der Waals surface area (Å²) in [7, 11) is 0. The number of hydrogen-bond donors (Lipinski definition) is 2. The van der Waals surface area contributed by atoms with E-state index >= 15 is 0 Å². The Hall–Kier alpha value is -3.09. The Morgan fingerprint density at radius 3 is 2.68 bits per heavy atom. The smallest absolute Gasteiger partial charge is 0.356 e. The lowest BCUT2D eigenvalue weighted by Gasteiger charge is -2.05. The van der Waals surface area contributed by atoms with Crippen LogP contribution in [0.3, 0.4) is 0 Å². The second-order valence-corrected chi connectivity index (χ2v) is 4.56. The summed E-state index contributed by atoms with van der Waals surface area (Å²) in [5.41, 5.74) is 0.0961. The summed E-state index contributed by atoms with van der Waals surface area (Å²) in [5.74, 6) is -0.829. The van der Waals surface area contributed by atoms with E-state index in [-0.39, 0.29) is 29.4 Å². The molecule has 2 N–H and O–H groups in total. The van der Waals surface area contributed by atoms with E-state index in [0.717, 1.165) is 0 Å². The van der Waals surface area contributed by atoms with Gasteiger partial charge >= 0.3 is 5.97 Å². The minimum atomic E-state index is -1.20. The third kappa shape index (κ3) is 2.56. The van der Waals surface area contributed by atoms with Crippen molar-refractivity contribution in [3.8, 4) is 11.5 Å². The molecule has 3 rings (SSSR count). The van der Waals surface area contributed by atoms with Crippen molar-refractivity contribution in [2.75, 3.05) is 0 Å². The van der Waals surface area contributed by atoms with Gasteiger partial charge in [-0.15, -0.1) is 0 Å². The van der Waals surface area contributed by atoms with Crippen molar-refractivity contribution in [3.05, 3.63) is 59.9 Å². The summed E-state index contributed by atoms with van der Waals surface area (Å²) in [6.45, 7) is 0.00482. The van der Waals surface area contributed by atoms with Gasteiger partial charge in [0.1, 0.15) is 23.9 Å². The first-order valence-electron chi connectivity index (χ1n) is 6.36. The van der Waals surface area contributed by atoms with Gasteiger partial charge in [-0.1, -0.05) is 0 Å². The first-order valence-corrected chi connectivity index (χ1v) is 6.36. The fourth-order valence-electron chi connectivity index (χ4n) is 2.07. The number of pyridine rings is 1. The monoisotopic (exact) mass is 302 g/mol. The summed E-state index contributed by atoms with van der Waals surface area (Å²) in [6, 6.07) is 8.20. The molecular weight excluding hydrogens is 291 g/mol. The average Bonchev–Trinajstić information content (AvgIpc) is 2.85. The largest absolute Gasteiger partial charge is 0.508 e. The van der Waals surface area contributed by atoms with Gasteiger partial charge in [-0.05, 0) is 30.3 Å². The van der Waals surface area contributed by atoms with Gasteiger partial charge in [0.05, 0.1) is 5.52 Å². The summed E-state index contributed by atoms with van der Waals surface area (Å²) < 4.78 is 19.8. The SMILES string of the molecule is O=C(O)c1nc(COc2ccc(F)cc2)n2ccc(O)cc12. The first-order chi connectivity index (χ1) is 10.5. The zero-order valence-corrected chi connectivity index (χ0v) is 11.2. The van der Waals surface area contributed by atoms with Crippen LogP contribution in [0.15, 0.2) is 42.6 Å². The minimum absolute atomic E-state index is 0.00482. The lowest BCUT2D eigenvalue weighted by molar-refractivity contribution is 0.0693. The van der Waals surface area contributed by atoms with Gasteiger partial charge in [-0.2, -0.15) is 0 Å². The van der Waals surface area contributed by atoms with E-state index < -0.39 is 5.97 Å². The Labute approximate surface area is 124 Å². The minimum Gasteiger partial charge on any atom is -0.508 e. The number of benzene rings is 1. The van der Waals surface area contributed by atoms with Crippen LogP contribution in [-0.2, 0) is 6.61 Å². The van der Waals surface area contributed by atoms with Gasteiger partial charge in [0, 0.05) is 12.3 Å². The maximum Gasteiger partial charge on any atom is 0.356 e. The predicted octanol–water partition coefficient (Wildman–Crippen LogP) is 2.46. The number of nitrogens with zero attached hydrogens (tertiary/aromatic N) is 2. The van der Waals surface area contributed by atoms with Gasteiger partial charge < -0.3 is 14.9 Å². The molecule has 3 aromatic rings. The molecule has 0 fully saturated rings. The molecule has 2 heterocycles. The van der Waals surface area contributed by atoms with Crippen LogP contribution in [0.25, 0.3) is 5.52 Å². The van der Waals surface area contributed by atoms with Crippen molar-refractivity contribution in [2.24, 2.45) is 0 Å². The number of aromatic carboxylic acids is 1. The van der Waals surface area contributed by atoms with Crippen LogP contribution in [-0.4, -0.2) is 25.6 Å². The fraction of sp³-hybridized carbons (Fsp3) is 0.0667. The zero-order valence-electron chi connectivity index (χ0n) is 11.2. The molecule has 0 aliphatic heterocycles. The zero-order chi connectivity index (χ0) is 15.7. The normalized spacial score (nSPS) is 10.8. The molecule has 0 aliphatic carbocycles. The molecule has 0 saturated heterocycles. The molecule has 0 bridgehead atoms. The van der Waals surface area contributed by atoms with Gasteiger partial charge in [0.15, 0.2) is 11.5 Å². The Balaban J connectivity index is 1.93. The number of carboxylic acid groups (broad SMARTS) is 1. The molecule has 0 unspecified atom stereocenters. The number of rotatable bonds is 4. The quantitative estimate of drug-likeness (QED) is 0.773. The number of carbonyl (C=O) groups is 1. The number of hydrogen-bond acceptors (Lipinski definition) is 4. The number of imidazole rings is 1. The van der Waals surface area contributed by atoms with Gasteiger partial charge in [-0.3, -0.25) is 4.40 Å². The Bertz CT molecular complexity index is 843. The van der Waals surface area contributed by atoms with E-state index in [9.17, 15) is 14.3 Å². The van der Waals surface area contributed by atoms with Crippen LogP contribution in [0.1, 0.15) is 16.3 Å². The molecule has 0 amide bonds. The highest BCUT2D eigenvalue weighted by molar-refractivity contribution is 5.94. The van der Waals surface area contributed by atoms with E-state index in [2.05, 4.69) is 4.98 Å². The molecule has 6 nitrogen and oxygen atoms in total. The summed E-state index contributed by atoms with van der Waals surface area (Å²) >= 11 is 0. The third-order valence-corrected chi connectivity index (χ3v) is 3.08. The topological polar surface area (TPSA) is 84.1 Å². The van der Waals surface area contributed by atoms with E-state index in [1.807, 2.05) is 0 Å². The molecule has 0 spiro atoms. The van der Waals surface area contributed by atoms with Crippen molar-refractivity contribution in [1.29, 1.82) is 0 Å². The predicted molar refractivity (Wildman–Crippen MR) is 74.5 cm³/mol. The Morgan fingerprint density at radius 1 is 1.27 bits per heavy atom. The summed E-state index contributed by atoms with van der Waals surface area (Å²) in [5, 5.41) is 18.6. The highest BCUT2D eigenvalue weighted by Gasteiger charge is 2.17. The van der Waals surface area contributed by atoms with Gasteiger partial charge in [0.25, 0.3) is 0 Å². The van der Waals surface area contributed by atoms with Gasteiger partial charge in [-0.25, -0.2) is 14.2 Å². The highest BCUT2D eigenvalue weighted by Crippen LogP contribution is 2.20. The maximum absolute atomic E-state index is 12.8. The second-order valence-electron chi connectivity index (χ2n) is 4.56. The number of halogens is 1. The lowest BCUT2D eigenvalue weighted by Crippen LogP contribution is -2.01. The number of aromatic hydroxyl groups is 1. The summed E-state index contributed by atoms with van der Waals surface area (Å²) in [4.78, 5) is 15.2. The fourth-order valence-corrected chi connectivity index (χ4v) is 2.07. The van der Waals surface area contributed by atoms with Crippen molar-refractivity contribution in [2.45, 2.75) is 6.61 Å². The van der Waals surface area contributed by atoms with Crippen LogP contribution in [0.4, 0.5) is 4.39 Å². The van der Waals surface area contributed by atoms with E-state index in [4.69, 9.17) is 9.84 Å². The van der Waals surface area contributed by atoms with Crippen LogP contribution in [0.2, 0.25) is 0 Å². The van der Waals surface area contributed by atoms with E-state index in [1.165, 1.54) is 47.0 Å². The van der Waals surface area contributed by atoms with Crippen molar-refractivity contribution in [3.63, 3.8) is 0 Å². The molecule has 0 saturated carbocycles. The third-order valence-electron chi connectivity index (χ3n) is 3.08. The Morgan fingerprint density at radius 2 is 2.00 bits per heavy atom. The summed E-state index contributed by atoms with van der Waals surface area (Å²) in [6.07, 6.45) is 1.51. The number of ether oxygens (including phenoxy) is 1.